The third-order valence-electron chi connectivity index (χ3n) is 3.30. The number of nitrogens with zero attached hydrogens (tertiary/aromatic N) is 2. The molecular formula is C13H21BrN4. The number of hydrogen-bond donors (Lipinski definition) is 2. The topological polar surface area (TPSA) is 54.2 Å². The first-order valence-corrected chi connectivity index (χ1v) is 7.34. The molecule has 0 bridgehead atoms. The number of anilines is 2. The number of likely N-dealkylation sites (tertiary alicyclic amines) is 1. The molecule has 5 heteroatoms. The zero-order chi connectivity index (χ0) is 13.0. The van der Waals surface area contributed by atoms with Crippen LogP contribution in [0.2, 0.25) is 0 Å². The number of hydrogen-bond acceptors (Lipinski definition) is 4. The van der Waals surface area contributed by atoms with E-state index in [1.807, 2.05) is 0 Å². The van der Waals surface area contributed by atoms with Crippen LogP contribution < -0.4 is 11.1 Å². The predicted octanol–water partition coefficient (Wildman–Crippen LogP) is 2.71. The molecule has 1 fully saturated rings. The van der Waals surface area contributed by atoms with Crippen LogP contribution in [0, 0.1) is 0 Å². The normalized spacial score (nSPS) is 18.6. The third-order valence-corrected chi connectivity index (χ3v) is 3.90. The first-order chi connectivity index (χ1) is 8.66. The highest BCUT2D eigenvalue weighted by atomic mass is 79.9. The maximum atomic E-state index is 5.93. The molecular weight excluding hydrogens is 292 g/mol. The molecule has 0 amide bonds. The Hall–Kier alpha value is -0.810. The molecule has 0 aliphatic carbocycles. The van der Waals surface area contributed by atoms with Crippen molar-refractivity contribution in [3.8, 4) is 0 Å². The Kier molecular flexibility index (Phi) is 4.83. The summed E-state index contributed by atoms with van der Waals surface area (Å²) in [7, 11) is 0. The van der Waals surface area contributed by atoms with Gasteiger partial charge in [-0.15, -0.1) is 0 Å². The van der Waals surface area contributed by atoms with Gasteiger partial charge in [-0.1, -0.05) is 6.42 Å². The fourth-order valence-corrected chi connectivity index (χ4v) is 2.89. The van der Waals surface area contributed by atoms with Gasteiger partial charge < -0.3 is 16.0 Å². The SMILES string of the molecule is CC(CN1CCCCC1)Nc1c(N)cncc1Br. The van der Waals surface area contributed by atoms with Crippen molar-refractivity contribution in [2.45, 2.75) is 32.2 Å². The van der Waals surface area contributed by atoms with Crippen LogP contribution in [0.1, 0.15) is 26.2 Å². The maximum absolute atomic E-state index is 5.93. The first-order valence-electron chi connectivity index (χ1n) is 6.54. The summed E-state index contributed by atoms with van der Waals surface area (Å²) < 4.78 is 0.924. The fraction of sp³-hybridized carbons (Fsp3) is 0.615. The molecule has 100 valence electrons. The molecule has 3 N–H and O–H groups in total. The Labute approximate surface area is 117 Å². The van der Waals surface area contributed by atoms with Gasteiger partial charge in [-0.3, -0.25) is 4.98 Å². The highest BCUT2D eigenvalue weighted by Crippen LogP contribution is 2.27. The lowest BCUT2D eigenvalue weighted by atomic mass is 10.1. The summed E-state index contributed by atoms with van der Waals surface area (Å²) in [6, 6.07) is 0.379. The van der Waals surface area contributed by atoms with Gasteiger partial charge in [0.1, 0.15) is 0 Å². The summed E-state index contributed by atoms with van der Waals surface area (Å²) in [4.78, 5) is 6.57. The molecule has 1 aliphatic rings. The fourth-order valence-electron chi connectivity index (χ4n) is 2.42. The third kappa shape index (κ3) is 3.59. The minimum atomic E-state index is 0.379. The lowest BCUT2D eigenvalue weighted by Crippen LogP contribution is -2.38. The number of piperidine rings is 1. The molecule has 18 heavy (non-hydrogen) atoms. The zero-order valence-electron chi connectivity index (χ0n) is 10.8. The molecule has 2 rings (SSSR count). The van der Waals surface area contributed by atoms with Crippen molar-refractivity contribution in [2.24, 2.45) is 0 Å². The summed E-state index contributed by atoms with van der Waals surface area (Å²) in [6.07, 6.45) is 7.48. The van der Waals surface area contributed by atoms with E-state index in [1.54, 1.807) is 12.4 Å². The zero-order valence-corrected chi connectivity index (χ0v) is 12.4. The van der Waals surface area contributed by atoms with Gasteiger partial charge in [0, 0.05) is 18.8 Å². The quantitative estimate of drug-likeness (QED) is 0.897. The molecule has 0 spiro atoms. The Balaban J connectivity index is 1.92. The van der Waals surface area contributed by atoms with Crippen LogP contribution in [0.4, 0.5) is 11.4 Å². The van der Waals surface area contributed by atoms with E-state index in [4.69, 9.17) is 5.73 Å². The number of rotatable bonds is 4. The largest absolute Gasteiger partial charge is 0.396 e. The van der Waals surface area contributed by atoms with Gasteiger partial charge >= 0.3 is 0 Å². The highest BCUT2D eigenvalue weighted by molar-refractivity contribution is 9.10. The molecule has 1 unspecified atom stereocenters. The van der Waals surface area contributed by atoms with Crippen LogP contribution in [-0.2, 0) is 0 Å². The molecule has 1 atom stereocenters. The Bertz CT molecular complexity index is 370. The molecule has 4 nitrogen and oxygen atoms in total. The molecule has 0 saturated carbocycles. The molecule has 1 aliphatic heterocycles. The van der Waals surface area contributed by atoms with E-state index in [1.165, 1.54) is 32.4 Å². The van der Waals surface area contributed by atoms with Crippen LogP contribution in [-0.4, -0.2) is 35.6 Å². The first kappa shape index (κ1) is 13.6. The average molecular weight is 313 g/mol. The molecule has 1 aromatic heterocycles. The van der Waals surface area contributed by atoms with Crippen molar-refractivity contribution in [2.75, 3.05) is 30.7 Å². The predicted molar refractivity (Wildman–Crippen MR) is 79.7 cm³/mol. The molecule has 2 heterocycles. The van der Waals surface area contributed by atoms with Crippen LogP contribution >= 0.6 is 15.9 Å². The molecule has 1 aromatic rings. The van der Waals surface area contributed by atoms with Gasteiger partial charge in [0.05, 0.1) is 22.0 Å². The Morgan fingerprint density at radius 1 is 1.39 bits per heavy atom. The van der Waals surface area contributed by atoms with E-state index in [9.17, 15) is 0 Å². The molecule has 0 radical (unpaired) electrons. The Morgan fingerprint density at radius 3 is 2.78 bits per heavy atom. The van der Waals surface area contributed by atoms with Crippen molar-refractivity contribution in [3.05, 3.63) is 16.9 Å². The average Bonchev–Trinajstić information content (AvgIpc) is 2.35. The van der Waals surface area contributed by atoms with Crippen molar-refractivity contribution in [1.82, 2.24) is 9.88 Å². The lowest BCUT2D eigenvalue weighted by molar-refractivity contribution is 0.223. The van der Waals surface area contributed by atoms with Crippen molar-refractivity contribution >= 4 is 27.3 Å². The summed E-state index contributed by atoms with van der Waals surface area (Å²) in [5, 5.41) is 3.47. The minimum Gasteiger partial charge on any atom is -0.396 e. The van der Waals surface area contributed by atoms with E-state index in [-0.39, 0.29) is 0 Å². The number of nitrogens with one attached hydrogen (secondary N) is 1. The van der Waals surface area contributed by atoms with Crippen LogP contribution in [0.15, 0.2) is 16.9 Å². The smallest absolute Gasteiger partial charge is 0.0752 e. The minimum absolute atomic E-state index is 0.379. The standard InChI is InChI=1S/C13H21BrN4/c1-10(9-18-5-3-2-4-6-18)17-13-11(14)7-16-8-12(13)15/h7-8,10H,2-6,9,15H2,1H3,(H,16,17). The highest BCUT2D eigenvalue weighted by Gasteiger charge is 2.14. The number of halogens is 1. The van der Waals surface area contributed by atoms with E-state index in [0.717, 1.165) is 16.7 Å². The summed E-state index contributed by atoms with van der Waals surface area (Å²) in [5.74, 6) is 0. The number of pyridine rings is 1. The second kappa shape index (κ2) is 6.38. The van der Waals surface area contributed by atoms with E-state index in [0.29, 0.717) is 11.7 Å². The molecule has 1 saturated heterocycles. The second-order valence-corrected chi connectivity index (χ2v) is 5.85. The van der Waals surface area contributed by atoms with Crippen molar-refractivity contribution in [3.63, 3.8) is 0 Å². The van der Waals surface area contributed by atoms with Gasteiger partial charge in [0.2, 0.25) is 0 Å². The number of nitrogens with two attached hydrogens (primary N) is 1. The van der Waals surface area contributed by atoms with E-state index < -0.39 is 0 Å². The van der Waals surface area contributed by atoms with Crippen LogP contribution in [0.25, 0.3) is 0 Å². The van der Waals surface area contributed by atoms with Crippen molar-refractivity contribution < 1.29 is 0 Å². The van der Waals surface area contributed by atoms with E-state index >= 15 is 0 Å². The van der Waals surface area contributed by atoms with E-state index in [2.05, 4.69) is 38.1 Å². The van der Waals surface area contributed by atoms with Gasteiger partial charge in [-0.25, -0.2) is 0 Å². The maximum Gasteiger partial charge on any atom is 0.0752 e. The van der Waals surface area contributed by atoms with Crippen LogP contribution in [0.5, 0.6) is 0 Å². The summed E-state index contributed by atoms with van der Waals surface area (Å²) in [6.45, 7) is 5.70. The molecule has 0 aromatic carbocycles. The monoisotopic (exact) mass is 312 g/mol. The van der Waals surface area contributed by atoms with Gasteiger partial charge in [0.15, 0.2) is 0 Å². The number of nitrogen functional groups attached to an aromatic ring is 1. The van der Waals surface area contributed by atoms with Crippen molar-refractivity contribution in [1.29, 1.82) is 0 Å². The Morgan fingerprint density at radius 2 is 2.11 bits per heavy atom. The summed E-state index contributed by atoms with van der Waals surface area (Å²) >= 11 is 3.48. The van der Waals surface area contributed by atoms with Gasteiger partial charge in [0.25, 0.3) is 0 Å². The van der Waals surface area contributed by atoms with Gasteiger partial charge in [-0.2, -0.15) is 0 Å². The van der Waals surface area contributed by atoms with Gasteiger partial charge in [-0.05, 0) is 48.8 Å². The number of aromatic nitrogens is 1. The second-order valence-electron chi connectivity index (χ2n) is 4.99. The van der Waals surface area contributed by atoms with Crippen LogP contribution in [0.3, 0.4) is 0 Å². The lowest BCUT2D eigenvalue weighted by Gasteiger charge is -2.30. The summed E-state index contributed by atoms with van der Waals surface area (Å²) in [5.41, 5.74) is 7.58.